The van der Waals surface area contributed by atoms with Crippen molar-refractivity contribution in [1.82, 2.24) is 24.7 Å². The molecule has 0 atom stereocenters. The van der Waals surface area contributed by atoms with E-state index in [1.807, 2.05) is 11.6 Å². The van der Waals surface area contributed by atoms with Crippen LogP contribution in [0.5, 0.6) is 0 Å². The van der Waals surface area contributed by atoms with Gasteiger partial charge in [0.25, 0.3) is 0 Å². The zero-order chi connectivity index (χ0) is 13.0. The first-order valence-electron chi connectivity index (χ1n) is 5.58. The molecule has 0 unspecified atom stereocenters. The van der Waals surface area contributed by atoms with E-state index in [-0.39, 0.29) is 0 Å². The average molecular weight is 265 g/mol. The number of hydrogen-bond donors (Lipinski definition) is 2. The summed E-state index contributed by atoms with van der Waals surface area (Å²) in [6.45, 7) is 2.10. The molecule has 0 saturated heterocycles. The molecule has 0 saturated carbocycles. The van der Waals surface area contributed by atoms with E-state index in [1.54, 1.807) is 6.33 Å². The van der Waals surface area contributed by atoms with Gasteiger partial charge in [-0.15, -0.1) is 10.2 Å². The van der Waals surface area contributed by atoms with Gasteiger partial charge in [0.05, 0.1) is 0 Å². The highest BCUT2D eigenvalue weighted by Crippen LogP contribution is 2.30. The van der Waals surface area contributed by atoms with Crippen molar-refractivity contribution in [2.45, 2.75) is 29.9 Å². The van der Waals surface area contributed by atoms with Crippen LogP contribution in [0.2, 0.25) is 0 Å². The van der Waals surface area contributed by atoms with Crippen molar-refractivity contribution in [2.75, 3.05) is 5.43 Å². The number of nitrogens with one attached hydrogen (secondary N) is 1. The summed E-state index contributed by atoms with van der Waals surface area (Å²) in [4.78, 5) is 8.42. The summed E-state index contributed by atoms with van der Waals surface area (Å²) in [5.74, 6) is 6.13. The predicted molar refractivity (Wildman–Crippen MR) is 69.0 cm³/mol. The van der Waals surface area contributed by atoms with Gasteiger partial charge >= 0.3 is 0 Å². The maximum Gasteiger partial charge on any atom is 0.197 e. The van der Waals surface area contributed by atoms with E-state index in [0.717, 1.165) is 28.6 Å². The fraction of sp³-hybridized carbons (Fsp3) is 0.400. The summed E-state index contributed by atoms with van der Waals surface area (Å²) in [6, 6.07) is 0. The number of aryl methyl sites for hydroxylation is 1. The summed E-state index contributed by atoms with van der Waals surface area (Å²) in [5.41, 5.74) is 3.62. The van der Waals surface area contributed by atoms with E-state index in [4.69, 9.17) is 5.84 Å². The zero-order valence-corrected chi connectivity index (χ0v) is 11.1. The molecule has 2 aromatic rings. The molecule has 0 aromatic carbocycles. The van der Waals surface area contributed by atoms with Crippen LogP contribution in [-0.2, 0) is 13.5 Å². The molecular weight excluding hydrogens is 250 g/mol. The Balaban J connectivity index is 2.34. The minimum atomic E-state index is 0.663. The molecule has 0 fully saturated rings. The van der Waals surface area contributed by atoms with Gasteiger partial charge in [-0.3, -0.25) is 0 Å². The number of hydrogen-bond acceptors (Lipinski definition) is 7. The largest absolute Gasteiger partial charge is 0.311 e. The Labute approximate surface area is 109 Å². The minimum absolute atomic E-state index is 0.663. The molecule has 0 radical (unpaired) electrons. The lowest BCUT2D eigenvalue weighted by atomic mass is 10.2. The second-order valence-electron chi connectivity index (χ2n) is 3.73. The normalized spacial score (nSPS) is 10.6. The number of nitrogens with zero attached hydrogens (tertiary/aromatic N) is 5. The highest BCUT2D eigenvalue weighted by molar-refractivity contribution is 7.99. The van der Waals surface area contributed by atoms with E-state index < -0.39 is 0 Å². The molecule has 0 bridgehead atoms. The van der Waals surface area contributed by atoms with Crippen LogP contribution in [0.15, 0.2) is 22.8 Å². The second-order valence-corrected chi connectivity index (χ2v) is 4.68. The van der Waals surface area contributed by atoms with Crippen LogP contribution >= 0.6 is 11.8 Å². The molecule has 7 nitrogen and oxygen atoms in total. The van der Waals surface area contributed by atoms with Crippen molar-refractivity contribution >= 4 is 17.6 Å². The highest BCUT2D eigenvalue weighted by atomic mass is 32.2. The fourth-order valence-corrected chi connectivity index (χ4v) is 2.41. The minimum Gasteiger partial charge on any atom is -0.311 e. The van der Waals surface area contributed by atoms with E-state index in [0.29, 0.717) is 5.82 Å². The van der Waals surface area contributed by atoms with E-state index in [2.05, 4.69) is 32.5 Å². The number of rotatable bonds is 5. The molecule has 0 spiro atoms. The molecule has 2 rings (SSSR count). The van der Waals surface area contributed by atoms with Crippen molar-refractivity contribution in [3.05, 3.63) is 18.2 Å². The number of nitrogen functional groups attached to an aromatic ring is 1. The molecule has 0 aliphatic rings. The summed E-state index contributed by atoms with van der Waals surface area (Å²) in [7, 11) is 1.89. The smallest absolute Gasteiger partial charge is 0.197 e. The third kappa shape index (κ3) is 2.59. The first-order chi connectivity index (χ1) is 8.76. The lowest BCUT2D eigenvalue weighted by molar-refractivity contribution is 0.783. The van der Waals surface area contributed by atoms with Crippen molar-refractivity contribution < 1.29 is 0 Å². The molecule has 2 heterocycles. The van der Waals surface area contributed by atoms with Gasteiger partial charge in [0, 0.05) is 12.6 Å². The summed E-state index contributed by atoms with van der Waals surface area (Å²) >= 11 is 1.46. The van der Waals surface area contributed by atoms with Gasteiger partial charge in [-0.05, 0) is 18.2 Å². The first-order valence-corrected chi connectivity index (χ1v) is 6.40. The Morgan fingerprint density at radius 3 is 2.89 bits per heavy atom. The second kappa shape index (κ2) is 5.78. The van der Waals surface area contributed by atoms with E-state index >= 15 is 0 Å². The maximum atomic E-state index is 5.47. The number of nitrogens with two attached hydrogens (primary N) is 1. The predicted octanol–water partition coefficient (Wildman–Crippen LogP) is 0.994. The molecule has 96 valence electrons. The highest BCUT2D eigenvalue weighted by Gasteiger charge is 2.13. The first kappa shape index (κ1) is 12.8. The molecular formula is C10H15N7S. The lowest BCUT2D eigenvalue weighted by Gasteiger charge is -2.10. The number of aromatic nitrogens is 5. The number of hydrazine groups is 1. The molecule has 0 aliphatic heterocycles. The molecule has 0 amide bonds. The van der Waals surface area contributed by atoms with Crippen LogP contribution < -0.4 is 11.3 Å². The average Bonchev–Trinajstić information content (AvgIpc) is 2.77. The Kier molecular flexibility index (Phi) is 4.11. The van der Waals surface area contributed by atoms with E-state index in [9.17, 15) is 0 Å². The van der Waals surface area contributed by atoms with Crippen LogP contribution in [0.1, 0.15) is 18.9 Å². The van der Waals surface area contributed by atoms with Crippen LogP contribution in [0, 0.1) is 0 Å². The van der Waals surface area contributed by atoms with Gasteiger partial charge in [-0.2, -0.15) is 0 Å². The standard InChI is InChI=1S/C10H15N7S/c1-3-4-7-8(15-11)12-5-13-9(7)18-10-16-14-6-17(10)2/h5-6H,3-4,11H2,1-2H3,(H,12,13,15). The van der Waals surface area contributed by atoms with Crippen LogP contribution in [0.25, 0.3) is 0 Å². The SMILES string of the molecule is CCCc1c(NN)ncnc1Sc1nncn1C. The van der Waals surface area contributed by atoms with Crippen molar-refractivity contribution in [1.29, 1.82) is 0 Å². The van der Waals surface area contributed by atoms with Gasteiger partial charge in [0.2, 0.25) is 0 Å². The van der Waals surface area contributed by atoms with E-state index in [1.165, 1.54) is 18.1 Å². The molecule has 2 aromatic heterocycles. The van der Waals surface area contributed by atoms with Crippen molar-refractivity contribution in [3.8, 4) is 0 Å². The summed E-state index contributed by atoms with van der Waals surface area (Å²) < 4.78 is 1.85. The summed E-state index contributed by atoms with van der Waals surface area (Å²) in [6.07, 6.45) is 5.01. The van der Waals surface area contributed by atoms with Crippen LogP contribution in [0.4, 0.5) is 5.82 Å². The number of anilines is 1. The fourth-order valence-electron chi connectivity index (χ4n) is 1.54. The molecule has 18 heavy (non-hydrogen) atoms. The van der Waals surface area contributed by atoms with Crippen molar-refractivity contribution in [2.24, 2.45) is 12.9 Å². The zero-order valence-electron chi connectivity index (χ0n) is 10.3. The maximum absolute atomic E-state index is 5.47. The lowest BCUT2D eigenvalue weighted by Crippen LogP contribution is -2.12. The molecule has 0 aliphatic carbocycles. The van der Waals surface area contributed by atoms with Gasteiger partial charge in [-0.1, -0.05) is 13.3 Å². The van der Waals surface area contributed by atoms with Gasteiger partial charge in [0.15, 0.2) is 5.16 Å². The monoisotopic (exact) mass is 265 g/mol. The quantitative estimate of drug-likeness (QED) is 0.473. The Morgan fingerprint density at radius 2 is 2.28 bits per heavy atom. The third-order valence-electron chi connectivity index (χ3n) is 2.40. The molecule has 8 heteroatoms. The van der Waals surface area contributed by atoms with Gasteiger partial charge in [0.1, 0.15) is 23.5 Å². The van der Waals surface area contributed by atoms with Gasteiger partial charge < -0.3 is 9.99 Å². The third-order valence-corrected chi connectivity index (χ3v) is 3.50. The Bertz CT molecular complexity index is 525. The topological polar surface area (TPSA) is 94.5 Å². The van der Waals surface area contributed by atoms with Crippen LogP contribution in [0.3, 0.4) is 0 Å². The van der Waals surface area contributed by atoms with Crippen molar-refractivity contribution in [3.63, 3.8) is 0 Å². The Morgan fingerprint density at radius 1 is 1.44 bits per heavy atom. The van der Waals surface area contributed by atoms with Crippen LogP contribution in [-0.4, -0.2) is 24.7 Å². The Hall–Kier alpha value is -1.67. The van der Waals surface area contributed by atoms with Gasteiger partial charge in [-0.25, -0.2) is 15.8 Å². The molecule has 3 N–H and O–H groups in total. The summed E-state index contributed by atoms with van der Waals surface area (Å²) in [5, 5.41) is 9.52.